The number of aryl methyl sites for hydroxylation is 1. The van der Waals surface area contributed by atoms with E-state index in [0.29, 0.717) is 0 Å². The highest BCUT2D eigenvalue weighted by atomic mass is 16.4. The number of nitrogens with two attached hydrogens (primary N) is 1. The van der Waals surface area contributed by atoms with Crippen LogP contribution in [-0.4, -0.2) is 35.3 Å². The van der Waals surface area contributed by atoms with E-state index in [1.165, 1.54) is 0 Å². The van der Waals surface area contributed by atoms with E-state index in [0.717, 1.165) is 42.6 Å². The molecule has 104 valence electrons. The Morgan fingerprint density at radius 3 is 2.95 bits per heavy atom. The van der Waals surface area contributed by atoms with Crippen molar-refractivity contribution in [2.75, 3.05) is 18.1 Å². The lowest BCUT2D eigenvalue weighted by atomic mass is 9.99. The van der Waals surface area contributed by atoms with Crippen LogP contribution in [0.2, 0.25) is 0 Å². The number of hydrogen-bond acceptors (Lipinski definition) is 4. The van der Waals surface area contributed by atoms with Crippen LogP contribution in [0.25, 0.3) is 0 Å². The molecule has 0 radical (unpaired) electrons. The van der Waals surface area contributed by atoms with Gasteiger partial charge in [-0.05, 0) is 38.3 Å². The second-order valence-electron chi connectivity index (χ2n) is 5.03. The van der Waals surface area contributed by atoms with Crippen LogP contribution in [0.15, 0.2) is 23.4 Å². The van der Waals surface area contributed by atoms with Crippen molar-refractivity contribution < 1.29 is 10.3 Å². The summed E-state index contributed by atoms with van der Waals surface area (Å²) in [5.74, 6) is 0.112. The van der Waals surface area contributed by atoms with E-state index < -0.39 is 0 Å². The van der Waals surface area contributed by atoms with E-state index in [1.54, 1.807) is 0 Å². The molecule has 0 spiro atoms. The van der Waals surface area contributed by atoms with Gasteiger partial charge < -0.3 is 20.9 Å². The number of benzene rings is 1. The van der Waals surface area contributed by atoms with Gasteiger partial charge in [0.1, 0.15) is 0 Å². The Kier molecular flexibility index (Phi) is 4.27. The minimum absolute atomic E-state index is 0.112. The molecule has 2 rings (SSSR count). The molecule has 0 bridgehead atoms. The Bertz CT molecular complexity index is 474. The van der Waals surface area contributed by atoms with Gasteiger partial charge in [0.05, 0.1) is 12.6 Å². The first-order valence-corrected chi connectivity index (χ1v) is 6.63. The molecule has 1 aromatic rings. The van der Waals surface area contributed by atoms with Gasteiger partial charge in [-0.2, -0.15) is 0 Å². The maximum absolute atomic E-state index is 9.51. The highest BCUT2D eigenvalue weighted by Crippen LogP contribution is 2.28. The van der Waals surface area contributed by atoms with Gasteiger partial charge in [-0.3, -0.25) is 0 Å². The quantitative estimate of drug-likeness (QED) is 0.333. The molecule has 0 aromatic heterocycles. The van der Waals surface area contributed by atoms with Crippen LogP contribution >= 0.6 is 0 Å². The van der Waals surface area contributed by atoms with Crippen LogP contribution in [0.3, 0.4) is 0 Å². The number of aliphatic hydroxyl groups is 1. The van der Waals surface area contributed by atoms with Crippen LogP contribution in [0, 0.1) is 6.92 Å². The molecule has 0 saturated carbocycles. The van der Waals surface area contributed by atoms with E-state index in [1.807, 2.05) is 25.1 Å². The summed E-state index contributed by atoms with van der Waals surface area (Å²) in [4.78, 5) is 2.16. The SMILES string of the molecule is Cc1ccc(N2CCCCC2CO)c(/C(N)=N/O)c1. The second-order valence-corrected chi connectivity index (χ2v) is 5.03. The monoisotopic (exact) mass is 263 g/mol. The third kappa shape index (κ3) is 2.81. The number of amidine groups is 1. The van der Waals surface area contributed by atoms with Crippen molar-refractivity contribution in [2.45, 2.75) is 32.2 Å². The Morgan fingerprint density at radius 2 is 2.26 bits per heavy atom. The van der Waals surface area contributed by atoms with E-state index in [9.17, 15) is 5.11 Å². The first-order chi connectivity index (χ1) is 9.17. The zero-order valence-corrected chi connectivity index (χ0v) is 11.2. The molecule has 5 heteroatoms. The van der Waals surface area contributed by atoms with Crippen LogP contribution in [0.1, 0.15) is 30.4 Å². The third-order valence-electron chi connectivity index (χ3n) is 3.68. The fraction of sp³-hybridized carbons (Fsp3) is 0.500. The smallest absolute Gasteiger partial charge is 0.172 e. The Labute approximate surface area is 113 Å². The molecule has 1 saturated heterocycles. The van der Waals surface area contributed by atoms with Gasteiger partial charge in [0.15, 0.2) is 5.84 Å². The Hall–Kier alpha value is -1.75. The topological polar surface area (TPSA) is 82.1 Å². The third-order valence-corrected chi connectivity index (χ3v) is 3.68. The molecule has 19 heavy (non-hydrogen) atoms. The van der Waals surface area contributed by atoms with E-state index >= 15 is 0 Å². The summed E-state index contributed by atoms with van der Waals surface area (Å²) in [6.07, 6.45) is 3.20. The number of oxime groups is 1. The van der Waals surface area contributed by atoms with Crippen molar-refractivity contribution in [1.29, 1.82) is 0 Å². The summed E-state index contributed by atoms with van der Waals surface area (Å²) in [5, 5.41) is 21.5. The van der Waals surface area contributed by atoms with Gasteiger partial charge in [0.25, 0.3) is 0 Å². The zero-order chi connectivity index (χ0) is 13.8. The minimum Gasteiger partial charge on any atom is -0.409 e. The molecule has 0 amide bonds. The number of aliphatic hydroxyl groups excluding tert-OH is 1. The maximum atomic E-state index is 9.51. The Balaban J connectivity index is 2.42. The normalized spacial score (nSPS) is 20.6. The molecule has 5 nitrogen and oxygen atoms in total. The predicted octanol–water partition coefficient (Wildman–Crippen LogP) is 1.44. The number of nitrogens with zero attached hydrogens (tertiary/aromatic N) is 2. The van der Waals surface area contributed by atoms with Gasteiger partial charge in [0, 0.05) is 17.8 Å². The zero-order valence-electron chi connectivity index (χ0n) is 11.2. The van der Waals surface area contributed by atoms with Crippen molar-refractivity contribution in [1.82, 2.24) is 0 Å². The van der Waals surface area contributed by atoms with Gasteiger partial charge in [0.2, 0.25) is 0 Å². The number of hydrogen-bond donors (Lipinski definition) is 3. The summed E-state index contributed by atoms with van der Waals surface area (Å²) < 4.78 is 0. The first kappa shape index (κ1) is 13.7. The molecule has 1 atom stereocenters. The fourth-order valence-electron chi connectivity index (χ4n) is 2.67. The lowest BCUT2D eigenvalue weighted by Gasteiger charge is -2.37. The van der Waals surface area contributed by atoms with E-state index in [-0.39, 0.29) is 18.5 Å². The molecule has 1 fully saturated rings. The van der Waals surface area contributed by atoms with Gasteiger partial charge in [-0.15, -0.1) is 0 Å². The maximum Gasteiger partial charge on any atom is 0.172 e. The molecule has 4 N–H and O–H groups in total. The summed E-state index contributed by atoms with van der Waals surface area (Å²) in [5.41, 5.74) is 8.48. The van der Waals surface area contributed by atoms with Gasteiger partial charge in [-0.25, -0.2) is 0 Å². The van der Waals surface area contributed by atoms with Crippen molar-refractivity contribution >= 4 is 11.5 Å². The molecule has 0 aliphatic carbocycles. The molecular weight excluding hydrogens is 242 g/mol. The van der Waals surface area contributed by atoms with Crippen molar-refractivity contribution in [3.05, 3.63) is 29.3 Å². The van der Waals surface area contributed by atoms with E-state index in [4.69, 9.17) is 10.9 Å². The molecule has 1 aromatic carbocycles. The van der Waals surface area contributed by atoms with Gasteiger partial charge in [-0.1, -0.05) is 16.8 Å². The second kappa shape index (κ2) is 5.93. The molecular formula is C14H21N3O2. The summed E-state index contributed by atoms with van der Waals surface area (Å²) in [6, 6.07) is 6.01. The average molecular weight is 263 g/mol. The number of anilines is 1. The lowest BCUT2D eigenvalue weighted by molar-refractivity contribution is 0.240. The van der Waals surface area contributed by atoms with Crippen LogP contribution < -0.4 is 10.6 Å². The lowest BCUT2D eigenvalue weighted by Crippen LogP contribution is -2.43. The largest absolute Gasteiger partial charge is 0.409 e. The van der Waals surface area contributed by atoms with Crippen LogP contribution in [0.4, 0.5) is 5.69 Å². The average Bonchev–Trinajstić information content (AvgIpc) is 2.46. The standard InChI is InChI=1S/C14H21N3O2/c1-10-5-6-13(12(8-10)14(15)16-19)17-7-3-2-4-11(17)9-18/h5-6,8,11,18-19H,2-4,7,9H2,1H3,(H2,15,16). The highest BCUT2D eigenvalue weighted by Gasteiger charge is 2.24. The summed E-state index contributed by atoms with van der Waals surface area (Å²) in [7, 11) is 0. The summed E-state index contributed by atoms with van der Waals surface area (Å²) >= 11 is 0. The fourth-order valence-corrected chi connectivity index (χ4v) is 2.67. The number of rotatable bonds is 3. The first-order valence-electron chi connectivity index (χ1n) is 6.63. The highest BCUT2D eigenvalue weighted by molar-refractivity contribution is 6.02. The van der Waals surface area contributed by atoms with Crippen LogP contribution in [0.5, 0.6) is 0 Å². The van der Waals surface area contributed by atoms with Crippen molar-refractivity contribution in [3.8, 4) is 0 Å². The molecule has 1 aliphatic heterocycles. The van der Waals surface area contributed by atoms with Crippen LogP contribution in [-0.2, 0) is 0 Å². The predicted molar refractivity (Wildman–Crippen MR) is 75.8 cm³/mol. The van der Waals surface area contributed by atoms with Crippen molar-refractivity contribution in [2.24, 2.45) is 10.9 Å². The molecule has 1 heterocycles. The van der Waals surface area contributed by atoms with Crippen molar-refractivity contribution in [3.63, 3.8) is 0 Å². The number of piperidine rings is 1. The minimum atomic E-state index is 0.112. The molecule has 1 unspecified atom stereocenters. The molecule has 1 aliphatic rings. The van der Waals surface area contributed by atoms with E-state index in [2.05, 4.69) is 10.1 Å². The van der Waals surface area contributed by atoms with Gasteiger partial charge >= 0.3 is 0 Å². The summed E-state index contributed by atoms with van der Waals surface area (Å²) in [6.45, 7) is 2.99. The Morgan fingerprint density at radius 1 is 1.47 bits per heavy atom.